The molecule has 1 aliphatic heterocycles. The van der Waals surface area contributed by atoms with Gasteiger partial charge in [0.15, 0.2) is 0 Å². The molecule has 0 radical (unpaired) electrons. The number of nitrogens with zero attached hydrogens (tertiary/aromatic N) is 4. The number of nitrogens with one attached hydrogen (secondary N) is 4. The van der Waals surface area contributed by atoms with Crippen molar-refractivity contribution in [1.82, 2.24) is 25.5 Å². The number of H-pyrrole nitrogens is 1. The van der Waals surface area contributed by atoms with Gasteiger partial charge in [0.05, 0.1) is 29.6 Å². The Morgan fingerprint density at radius 1 is 1.00 bits per heavy atom. The standard InChI is InChI=1S/C20H16N8O2/c29-18-11-22-20(30)28(18)13-6-4-12(5-7-13)24-19-21-9-8-17(26-19)25-15-2-1-3-16-14(15)10-23-27-16/h1-10H,11H2,(H,22,30)(H,23,27)(H2,21,24,25,26). The molecule has 1 saturated heterocycles. The number of aromatic amines is 1. The fraction of sp³-hybridized carbons (Fsp3) is 0.0500. The normalized spacial score (nSPS) is 13.5. The van der Waals surface area contributed by atoms with Crippen molar-refractivity contribution in [3.63, 3.8) is 0 Å². The second-order valence-electron chi connectivity index (χ2n) is 6.59. The van der Waals surface area contributed by atoms with Crippen LogP contribution in [0.5, 0.6) is 0 Å². The Hall–Kier alpha value is -4.47. The van der Waals surface area contributed by atoms with Gasteiger partial charge in [-0.15, -0.1) is 0 Å². The summed E-state index contributed by atoms with van der Waals surface area (Å²) in [6, 6.07) is 14.1. The molecule has 4 aromatic rings. The third-order valence-electron chi connectivity index (χ3n) is 4.63. The molecule has 0 bridgehead atoms. The first-order valence-electron chi connectivity index (χ1n) is 9.17. The van der Waals surface area contributed by atoms with Crippen LogP contribution in [0, 0.1) is 0 Å². The van der Waals surface area contributed by atoms with Gasteiger partial charge in [0.1, 0.15) is 5.82 Å². The number of fused-ring (bicyclic) bond motifs is 1. The van der Waals surface area contributed by atoms with E-state index in [1.54, 1.807) is 42.7 Å². The maximum absolute atomic E-state index is 11.8. The molecule has 10 heteroatoms. The van der Waals surface area contributed by atoms with Crippen LogP contribution in [0.1, 0.15) is 0 Å². The Balaban J connectivity index is 1.33. The van der Waals surface area contributed by atoms with E-state index in [4.69, 9.17) is 0 Å². The van der Waals surface area contributed by atoms with E-state index in [1.165, 1.54) is 0 Å². The summed E-state index contributed by atoms with van der Waals surface area (Å²) in [5.41, 5.74) is 3.03. The lowest BCUT2D eigenvalue weighted by Crippen LogP contribution is -2.30. The van der Waals surface area contributed by atoms with Crippen LogP contribution in [0.4, 0.5) is 33.6 Å². The van der Waals surface area contributed by atoms with Crippen molar-refractivity contribution >= 4 is 51.7 Å². The smallest absolute Gasteiger partial charge is 0.329 e. The summed E-state index contributed by atoms with van der Waals surface area (Å²) in [6.45, 7) is 0.0129. The molecule has 30 heavy (non-hydrogen) atoms. The monoisotopic (exact) mass is 400 g/mol. The summed E-state index contributed by atoms with van der Waals surface area (Å²) < 4.78 is 0. The van der Waals surface area contributed by atoms with E-state index < -0.39 is 6.03 Å². The quantitative estimate of drug-likeness (QED) is 0.379. The highest BCUT2D eigenvalue weighted by molar-refractivity contribution is 6.19. The molecule has 3 amide bonds. The van der Waals surface area contributed by atoms with E-state index in [-0.39, 0.29) is 12.5 Å². The largest absolute Gasteiger partial charge is 0.339 e. The summed E-state index contributed by atoms with van der Waals surface area (Å²) in [7, 11) is 0. The zero-order valence-electron chi connectivity index (χ0n) is 15.6. The van der Waals surface area contributed by atoms with E-state index in [2.05, 4.69) is 36.1 Å². The minimum Gasteiger partial charge on any atom is -0.339 e. The van der Waals surface area contributed by atoms with Crippen molar-refractivity contribution in [2.45, 2.75) is 0 Å². The Morgan fingerprint density at radius 2 is 1.87 bits per heavy atom. The molecular weight excluding hydrogens is 384 g/mol. The molecule has 4 N–H and O–H groups in total. The minimum absolute atomic E-state index is 0.0129. The van der Waals surface area contributed by atoms with Crippen molar-refractivity contribution in [2.75, 3.05) is 22.1 Å². The van der Waals surface area contributed by atoms with Crippen LogP contribution in [-0.2, 0) is 4.79 Å². The molecule has 0 aliphatic carbocycles. The van der Waals surface area contributed by atoms with Gasteiger partial charge in [-0.3, -0.25) is 9.89 Å². The molecule has 2 aromatic carbocycles. The first kappa shape index (κ1) is 17.6. The fourth-order valence-electron chi connectivity index (χ4n) is 3.21. The second kappa shape index (κ2) is 7.17. The van der Waals surface area contributed by atoms with Crippen LogP contribution in [0.3, 0.4) is 0 Å². The molecule has 0 atom stereocenters. The maximum atomic E-state index is 11.8. The van der Waals surface area contributed by atoms with Gasteiger partial charge in [-0.2, -0.15) is 10.1 Å². The van der Waals surface area contributed by atoms with Gasteiger partial charge in [-0.05, 0) is 42.5 Å². The topological polar surface area (TPSA) is 128 Å². The summed E-state index contributed by atoms with van der Waals surface area (Å²) in [6.07, 6.45) is 3.40. The molecule has 0 saturated carbocycles. The average Bonchev–Trinajstić information content (AvgIpc) is 3.36. The molecule has 3 heterocycles. The summed E-state index contributed by atoms with van der Waals surface area (Å²) in [5.74, 6) is 0.745. The van der Waals surface area contributed by atoms with Crippen LogP contribution in [0.15, 0.2) is 60.9 Å². The fourth-order valence-corrected chi connectivity index (χ4v) is 3.21. The van der Waals surface area contributed by atoms with Crippen molar-refractivity contribution in [3.05, 3.63) is 60.9 Å². The number of imide groups is 1. The van der Waals surface area contributed by atoms with Gasteiger partial charge in [-0.25, -0.2) is 14.7 Å². The van der Waals surface area contributed by atoms with Crippen molar-refractivity contribution in [3.8, 4) is 0 Å². The van der Waals surface area contributed by atoms with Crippen LogP contribution in [0.25, 0.3) is 10.9 Å². The number of amides is 3. The van der Waals surface area contributed by atoms with E-state index >= 15 is 0 Å². The average molecular weight is 400 g/mol. The van der Waals surface area contributed by atoms with Crippen molar-refractivity contribution in [1.29, 1.82) is 0 Å². The van der Waals surface area contributed by atoms with E-state index in [9.17, 15) is 9.59 Å². The molecule has 0 unspecified atom stereocenters. The number of benzene rings is 2. The molecule has 148 valence electrons. The molecule has 5 rings (SSSR count). The van der Waals surface area contributed by atoms with Gasteiger partial charge in [-0.1, -0.05) is 6.07 Å². The molecule has 0 spiro atoms. The minimum atomic E-state index is -0.421. The highest BCUT2D eigenvalue weighted by Crippen LogP contribution is 2.25. The Labute approximate surface area is 170 Å². The summed E-state index contributed by atoms with van der Waals surface area (Å²) >= 11 is 0. The van der Waals surface area contributed by atoms with Gasteiger partial charge in [0.25, 0.3) is 5.91 Å². The van der Waals surface area contributed by atoms with Gasteiger partial charge in [0, 0.05) is 17.3 Å². The lowest BCUT2D eigenvalue weighted by Gasteiger charge is -2.13. The number of hydrogen-bond donors (Lipinski definition) is 4. The predicted molar refractivity (Wildman–Crippen MR) is 112 cm³/mol. The first-order valence-corrected chi connectivity index (χ1v) is 9.17. The highest BCUT2D eigenvalue weighted by atomic mass is 16.2. The summed E-state index contributed by atoms with van der Waals surface area (Å²) in [4.78, 5) is 33.4. The number of carbonyl (C=O) groups is 2. The van der Waals surface area contributed by atoms with E-state index in [1.807, 2.05) is 18.2 Å². The lowest BCUT2D eigenvalue weighted by molar-refractivity contribution is -0.115. The van der Waals surface area contributed by atoms with E-state index in [0.29, 0.717) is 17.5 Å². The molecule has 2 aromatic heterocycles. The van der Waals surface area contributed by atoms with Crippen molar-refractivity contribution < 1.29 is 9.59 Å². The number of carbonyl (C=O) groups excluding carboxylic acids is 2. The molecule has 1 fully saturated rings. The third kappa shape index (κ3) is 3.26. The molecule has 10 nitrogen and oxygen atoms in total. The van der Waals surface area contributed by atoms with Gasteiger partial charge < -0.3 is 16.0 Å². The number of anilines is 5. The first-order chi connectivity index (χ1) is 14.7. The van der Waals surface area contributed by atoms with Crippen LogP contribution < -0.4 is 20.9 Å². The highest BCUT2D eigenvalue weighted by Gasteiger charge is 2.29. The Morgan fingerprint density at radius 3 is 2.67 bits per heavy atom. The lowest BCUT2D eigenvalue weighted by atomic mass is 10.2. The van der Waals surface area contributed by atoms with Gasteiger partial charge in [0.2, 0.25) is 5.95 Å². The molecule has 1 aliphatic rings. The van der Waals surface area contributed by atoms with Crippen LogP contribution in [0.2, 0.25) is 0 Å². The Bertz CT molecular complexity index is 1240. The number of aromatic nitrogens is 4. The zero-order valence-corrected chi connectivity index (χ0v) is 15.6. The SMILES string of the molecule is O=C1CNC(=O)N1c1ccc(Nc2nccc(Nc3cccc4[nH]ncc34)n2)cc1. The predicted octanol–water partition coefficient (Wildman–Crippen LogP) is 2.90. The van der Waals surface area contributed by atoms with Crippen LogP contribution in [-0.4, -0.2) is 38.6 Å². The molecular formula is C20H16N8O2. The number of rotatable bonds is 5. The number of hydrogen-bond acceptors (Lipinski definition) is 7. The summed E-state index contributed by atoms with van der Waals surface area (Å²) in [5, 5.41) is 16.8. The third-order valence-corrected chi connectivity index (χ3v) is 4.63. The second-order valence-corrected chi connectivity index (χ2v) is 6.59. The van der Waals surface area contributed by atoms with Crippen LogP contribution >= 0.6 is 0 Å². The van der Waals surface area contributed by atoms with E-state index in [0.717, 1.165) is 27.2 Å². The van der Waals surface area contributed by atoms with Crippen molar-refractivity contribution in [2.24, 2.45) is 0 Å². The van der Waals surface area contributed by atoms with Gasteiger partial charge >= 0.3 is 6.03 Å². The zero-order chi connectivity index (χ0) is 20.5. The Kier molecular flexibility index (Phi) is 4.21. The number of urea groups is 1. The maximum Gasteiger partial charge on any atom is 0.329 e.